The smallest absolute Gasteiger partial charge is 0.227 e. The largest absolute Gasteiger partial charge is 0.496 e. The molecule has 2 saturated heterocycles. The molecule has 2 aliphatic rings. The van der Waals surface area contributed by atoms with E-state index in [-0.39, 0.29) is 17.7 Å². The first-order chi connectivity index (χ1) is 14.7. The fraction of sp³-hybridized carbons (Fsp3) is 0.458. The normalized spacial score (nSPS) is 20.3. The van der Waals surface area contributed by atoms with Gasteiger partial charge >= 0.3 is 0 Å². The Morgan fingerprint density at radius 3 is 2.57 bits per heavy atom. The highest BCUT2D eigenvalue weighted by atomic mass is 16.5. The second kappa shape index (κ2) is 9.28. The number of piperidine rings is 2. The summed E-state index contributed by atoms with van der Waals surface area (Å²) in [6.45, 7) is 2.53. The average molecular weight is 408 g/mol. The van der Waals surface area contributed by atoms with E-state index in [1.54, 1.807) is 7.11 Å². The third-order valence-electron chi connectivity index (χ3n) is 6.39. The lowest BCUT2D eigenvalue weighted by molar-refractivity contribution is -0.144. The number of carbonyl (C=O) groups excluding carboxylic acids is 2. The summed E-state index contributed by atoms with van der Waals surface area (Å²) in [6, 6.07) is 11.9. The SMILES string of the molecule is COc1ccccc1CN1CC(C(=O)N2CCC(c3ccncc3)CC2)CCC1=O. The molecule has 0 radical (unpaired) electrons. The van der Waals surface area contributed by atoms with Crippen molar-refractivity contribution in [3.05, 3.63) is 59.9 Å². The van der Waals surface area contributed by atoms with Crippen LogP contribution in [0, 0.1) is 5.92 Å². The predicted molar refractivity (Wildman–Crippen MR) is 114 cm³/mol. The number of methoxy groups -OCH3 is 1. The first-order valence-electron chi connectivity index (χ1n) is 10.7. The van der Waals surface area contributed by atoms with Gasteiger partial charge in [-0.1, -0.05) is 18.2 Å². The van der Waals surface area contributed by atoms with E-state index >= 15 is 0 Å². The fourth-order valence-electron chi connectivity index (χ4n) is 4.64. The molecule has 1 unspecified atom stereocenters. The maximum atomic E-state index is 13.2. The zero-order chi connectivity index (χ0) is 20.9. The lowest BCUT2D eigenvalue weighted by atomic mass is 9.88. The molecule has 4 rings (SSSR count). The van der Waals surface area contributed by atoms with E-state index in [2.05, 4.69) is 17.1 Å². The summed E-state index contributed by atoms with van der Waals surface area (Å²) >= 11 is 0. The molecule has 0 spiro atoms. The van der Waals surface area contributed by atoms with E-state index in [9.17, 15) is 9.59 Å². The van der Waals surface area contributed by atoms with Crippen LogP contribution in [-0.4, -0.2) is 53.3 Å². The summed E-state index contributed by atoms with van der Waals surface area (Å²) in [5.74, 6) is 1.46. The molecule has 2 aliphatic heterocycles. The van der Waals surface area contributed by atoms with Gasteiger partial charge < -0.3 is 14.5 Å². The minimum Gasteiger partial charge on any atom is -0.496 e. The van der Waals surface area contributed by atoms with Crippen LogP contribution >= 0.6 is 0 Å². The van der Waals surface area contributed by atoms with Crippen molar-refractivity contribution in [3.63, 3.8) is 0 Å². The maximum Gasteiger partial charge on any atom is 0.227 e. The summed E-state index contributed by atoms with van der Waals surface area (Å²) < 4.78 is 5.42. The number of hydrogen-bond donors (Lipinski definition) is 0. The fourth-order valence-corrected chi connectivity index (χ4v) is 4.64. The molecule has 2 aromatic rings. The maximum absolute atomic E-state index is 13.2. The van der Waals surface area contributed by atoms with Crippen molar-refractivity contribution in [2.24, 2.45) is 5.92 Å². The molecule has 0 saturated carbocycles. The molecule has 1 atom stereocenters. The van der Waals surface area contributed by atoms with Crippen LogP contribution < -0.4 is 4.74 Å². The van der Waals surface area contributed by atoms with E-state index in [0.717, 1.165) is 37.2 Å². The third kappa shape index (κ3) is 4.48. The Kier molecular flexibility index (Phi) is 6.31. The monoisotopic (exact) mass is 407 g/mol. The Balaban J connectivity index is 1.36. The highest BCUT2D eigenvalue weighted by Gasteiger charge is 2.34. The highest BCUT2D eigenvalue weighted by molar-refractivity contribution is 5.84. The van der Waals surface area contributed by atoms with Crippen LogP contribution in [0.15, 0.2) is 48.8 Å². The number of rotatable bonds is 5. The van der Waals surface area contributed by atoms with Gasteiger partial charge in [0.05, 0.1) is 13.0 Å². The van der Waals surface area contributed by atoms with Crippen LogP contribution in [0.25, 0.3) is 0 Å². The molecular weight excluding hydrogens is 378 g/mol. The predicted octanol–water partition coefficient (Wildman–Crippen LogP) is 3.24. The van der Waals surface area contributed by atoms with Gasteiger partial charge in [-0.2, -0.15) is 0 Å². The summed E-state index contributed by atoms with van der Waals surface area (Å²) in [5, 5.41) is 0. The Bertz CT molecular complexity index is 878. The number of pyridine rings is 1. The van der Waals surface area contributed by atoms with Gasteiger partial charge in [0.1, 0.15) is 5.75 Å². The molecule has 6 heteroatoms. The Morgan fingerprint density at radius 1 is 1.10 bits per heavy atom. The third-order valence-corrected chi connectivity index (χ3v) is 6.39. The van der Waals surface area contributed by atoms with Gasteiger partial charge in [0, 0.05) is 50.6 Å². The topological polar surface area (TPSA) is 62.7 Å². The molecule has 0 N–H and O–H groups in total. The van der Waals surface area contributed by atoms with Gasteiger partial charge in [-0.15, -0.1) is 0 Å². The van der Waals surface area contributed by atoms with E-state index < -0.39 is 0 Å². The Labute approximate surface area is 177 Å². The summed E-state index contributed by atoms with van der Waals surface area (Å²) in [4.78, 5) is 33.6. The molecule has 0 aliphatic carbocycles. The minimum atomic E-state index is -0.116. The van der Waals surface area contributed by atoms with Crippen molar-refractivity contribution in [1.82, 2.24) is 14.8 Å². The molecule has 3 heterocycles. The van der Waals surface area contributed by atoms with Crippen LogP contribution in [0.3, 0.4) is 0 Å². The summed E-state index contributed by atoms with van der Waals surface area (Å²) in [7, 11) is 1.64. The standard InChI is InChI=1S/C24H29N3O3/c1-30-22-5-3-2-4-20(22)16-27-17-21(6-7-23(27)28)24(29)26-14-10-19(11-15-26)18-8-12-25-13-9-18/h2-5,8-9,12-13,19,21H,6-7,10-11,14-17H2,1H3. The van der Waals surface area contributed by atoms with Gasteiger partial charge in [0.2, 0.25) is 11.8 Å². The molecule has 0 bridgehead atoms. The Hall–Kier alpha value is -2.89. The van der Waals surface area contributed by atoms with Crippen molar-refractivity contribution in [2.75, 3.05) is 26.7 Å². The van der Waals surface area contributed by atoms with Gasteiger partial charge in [-0.05, 0) is 48.9 Å². The van der Waals surface area contributed by atoms with Crippen LogP contribution in [0.2, 0.25) is 0 Å². The van der Waals surface area contributed by atoms with Crippen LogP contribution in [0.1, 0.15) is 42.7 Å². The average Bonchev–Trinajstić information content (AvgIpc) is 2.81. The van der Waals surface area contributed by atoms with Crippen LogP contribution in [0.5, 0.6) is 5.75 Å². The second-order valence-electron chi connectivity index (χ2n) is 8.20. The van der Waals surface area contributed by atoms with Crippen molar-refractivity contribution in [3.8, 4) is 5.75 Å². The molecule has 1 aromatic carbocycles. The number of para-hydroxylation sites is 1. The molecule has 1 aromatic heterocycles. The zero-order valence-electron chi connectivity index (χ0n) is 17.5. The van der Waals surface area contributed by atoms with E-state index in [4.69, 9.17) is 4.74 Å². The van der Waals surface area contributed by atoms with Crippen molar-refractivity contribution < 1.29 is 14.3 Å². The van der Waals surface area contributed by atoms with Crippen molar-refractivity contribution >= 4 is 11.8 Å². The second-order valence-corrected chi connectivity index (χ2v) is 8.20. The van der Waals surface area contributed by atoms with Crippen molar-refractivity contribution in [2.45, 2.75) is 38.1 Å². The van der Waals surface area contributed by atoms with Gasteiger partial charge in [0.25, 0.3) is 0 Å². The number of benzene rings is 1. The first kappa shape index (κ1) is 20.4. The molecule has 158 valence electrons. The number of aromatic nitrogens is 1. The lowest BCUT2D eigenvalue weighted by Crippen LogP contribution is -2.48. The van der Waals surface area contributed by atoms with Gasteiger partial charge in [0.15, 0.2) is 0 Å². The number of nitrogens with zero attached hydrogens (tertiary/aromatic N) is 3. The Morgan fingerprint density at radius 2 is 1.83 bits per heavy atom. The van der Waals surface area contributed by atoms with E-state index in [0.29, 0.717) is 31.8 Å². The molecule has 2 amide bonds. The van der Waals surface area contributed by atoms with E-state index in [1.807, 2.05) is 46.5 Å². The summed E-state index contributed by atoms with van der Waals surface area (Å²) in [6.07, 6.45) is 6.70. The highest BCUT2D eigenvalue weighted by Crippen LogP contribution is 2.30. The quantitative estimate of drug-likeness (QED) is 0.763. The van der Waals surface area contributed by atoms with Crippen LogP contribution in [0.4, 0.5) is 0 Å². The number of carbonyl (C=O) groups is 2. The molecule has 30 heavy (non-hydrogen) atoms. The number of hydrogen-bond acceptors (Lipinski definition) is 4. The first-order valence-corrected chi connectivity index (χ1v) is 10.7. The molecule has 2 fully saturated rings. The summed E-state index contributed by atoms with van der Waals surface area (Å²) in [5.41, 5.74) is 2.28. The number of ether oxygens (including phenoxy) is 1. The van der Waals surface area contributed by atoms with E-state index in [1.165, 1.54) is 5.56 Å². The number of likely N-dealkylation sites (tertiary alicyclic amines) is 2. The number of amides is 2. The van der Waals surface area contributed by atoms with Gasteiger partial charge in [-0.25, -0.2) is 0 Å². The lowest BCUT2D eigenvalue weighted by Gasteiger charge is -2.38. The molecule has 6 nitrogen and oxygen atoms in total. The molecular formula is C24H29N3O3. The minimum absolute atomic E-state index is 0.112. The van der Waals surface area contributed by atoms with Crippen LogP contribution in [-0.2, 0) is 16.1 Å². The van der Waals surface area contributed by atoms with Gasteiger partial charge in [-0.3, -0.25) is 14.6 Å². The van der Waals surface area contributed by atoms with Crippen molar-refractivity contribution in [1.29, 1.82) is 0 Å². The zero-order valence-corrected chi connectivity index (χ0v) is 17.5.